The van der Waals surface area contributed by atoms with E-state index in [0.29, 0.717) is 0 Å². The molecule has 94 valence electrons. The fourth-order valence-electron chi connectivity index (χ4n) is 2.99. The van der Waals surface area contributed by atoms with Crippen LogP contribution in [0.3, 0.4) is 0 Å². The lowest BCUT2D eigenvalue weighted by molar-refractivity contribution is -0.0268. The van der Waals surface area contributed by atoms with E-state index in [0.717, 1.165) is 6.61 Å². The van der Waals surface area contributed by atoms with Gasteiger partial charge in [0.1, 0.15) is 0 Å². The van der Waals surface area contributed by atoms with Gasteiger partial charge in [0.05, 0.1) is 14.0 Å². The monoisotopic (exact) mass is 248 g/mol. The van der Waals surface area contributed by atoms with E-state index >= 15 is 0 Å². The van der Waals surface area contributed by atoms with Gasteiger partial charge in [-0.3, -0.25) is 0 Å². The van der Waals surface area contributed by atoms with E-state index in [1.165, 1.54) is 36.0 Å². The molecule has 1 aromatic rings. The molecule has 0 N–H and O–H groups in total. The first kappa shape index (κ1) is 12.8. The summed E-state index contributed by atoms with van der Waals surface area (Å²) in [6.45, 7) is 10.2. The second-order valence-electron chi connectivity index (χ2n) is 5.67. The van der Waals surface area contributed by atoms with Crippen molar-refractivity contribution in [2.75, 3.05) is 6.61 Å². The van der Waals surface area contributed by atoms with Crippen molar-refractivity contribution in [2.45, 2.75) is 51.4 Å². The normalized spacial score (nSPS) is 25.2. The molecule has 17 heavy (non-hydrogen) atoms. The topological polar surface area (TPSA) is 9.23 Å². The zero-order valence-corrected chi connectivity index (χ0v) is 12.7. The predicted molar refractivity (Wildman–Crippen MR) is 76.3 cm³/mol. The molecule has 1 nitrogen and oxygen atoms in total. The van der Waals surface area contributed by atoms with E-state index in [1.807, 2.05) is 0 Å². The van der Waals surface area contributed by atoms with E-state index in [-0.39, 0.29) is 5.22 Å². The van der Waals surface area contributed by atoms with Crippen LogP contribution in [0.4, 0.5) is 0 Å². The van der Waals surface area contributed by atoms with Crippen molar-refractivity contribution in [1.82, 2.24) is 0 Å². The van der Waals surface area contributed by atoms with E-state index < -0.39 is 8.80 Å². The highest BCUT2D eigenvalue weighted by molar-refractivity contribution is 6.59. The molecule has 1 unspecified atom stereocenters. The lowest BCUT2D eigenvalue weighted by atomic mass is 9.95. The zero-order valence-electron chi connectivity index (χ0n) is 11.5. The molecule has 0 saturated carbocycles. The first-order valence-electron chi connectivity index (χ1n) is 6.78. The molecule has 0 aliphatic carbocycles. The minimum atomic E-state index is -0.885. The summed E-state index contributed by atoms with van der Waals surface area (Å²) in [5.41, 5.74) is 4.23. The molecule has 0 spiro atoms. The van der Waals surface area contributed by atoms with Crippen LogP contribution in [-0.2, 0) is 9.96 Å². The predicted octanol–water partition coefficient (Wildman–Crippen LogP) is 3.73. The van der Waals surface area contributed by atoms with Crippen molar-refractivity contribution in [2.24, 2.45) is 0 Å². The van der Waals surface area contributed by atoms with Crippen LogP contribution in [0.5, 0.6) is 0 Å². The third kappa shape index (κ3) is 2.34. The van der Waals surface area contributed by atoms with Gasteiger partial charge in [-0.1, -0.05) is 36.9 Å². The molecular weight excluding hydrogens is 224 g/mol. The summed E-state index contributed by atoms with van der Waals surface area (Å²) in [5.74, 6) is 0. The van der Waals surface area contributed by atoms with Gasteiger partial charge in [0.25, 0.3) is 0 Å². The Bertz CT molecular complexity index is 392. The Labute approximate surface area is 107 Å². The van der Waals surface area contributed by atoms with E-state index in [2.05, 4.69) is 45.1 Å². The Morgan fingerprint density at radius 2 is 1.94 bits per heavy atom. The van der Waals surface area contributed by atoms with Crippen LogP contribution in [0.25, 0.3) is 0 Å². The molecule has 1 aliphatic rings. The molecule has 0 amide bonds. The summed E-state index contributed by atoms with van der Waals surface area (Å²) in [4.78, 5) is 0. The average Bonchev–Trinajstić information content (AvgIpc) is 2.33. The average molecular weight is 248 g/mol. The Morgan fingerprint density at radius 1 is 1.18 bits per heavy atom. The molecule has 0 aromatic heterocycles. The Balaban J connectivity index is 2.48. The van der Waals surface area contributed by atoms with Crippen LogP contribution in [0.2, 0.25) is 13.1 Å². The molecule has 1 saturated heterocycles. The highest BCUT2D eigenvalue weighted by Gasteiger charge is 2.39. The lowest BCUT2D eigenvalue weighted by Crippen LogP contribution is -2.45. The number of hydrogen-bond donors (Lipinski definition) is 0. The van der Waals surface area contributed by atoms with Crippen LogP contribution in [0.15, 0.2) is 18.2 Å². The summed E-state index contributed by atoms with van der Waals surface area (Å²) in [5, 5.41) is 0.0916. The molecule has 1 aromatic carbocycles. The maximum atomic E-state index is 6.31. The first-order valence-corrected chi connectivity index (χ1v) is 9.66. The quantitative estimate of drug-likeness (QED) is 0.725. The molecule has 1 heterocycles. The van der Waals surface area contributed by atoms with Gasteiger partial charge in [0.15, 0.2) is 0 Å². The van der Waals surface area contributed by atoms with Crippen molar-refractivity contribution >= 4 is 8.80 Å². The highest BCUT2D eigenvalue weighted by atomic mass is 28.3. The zero-order chi connectivity index (χ0) is 12.5. The van der Waals surface area contributed by atoms with E-state index in [4.69, 9.17) is 4.74 Å². The first-order chi connectivity index (χ1) is 8.06. The van der Waals surface area contributed by atoms with Gasteiger partial charge < -0.3 is 4.74 Å². The molecule has 2 heteroatoms. The summed E-state index contributed by atoms with van der Waals surface area (Å²) in [7, 11) is -0.885. The maximum absolute atomic E-state index is 6.31. The second kappa shape index (κ2) is 4.95. The van der Waals surface area contributed by atoms with Gasteiger partial charge >= 0.3 is 0 Å². The van der Waals surface area contributed by atoms with Gasteiger partial charge in [0.2, 0.25) is 0 Å². The Kier molecular flexibility index (Phi) is 3.74. The number of aryl methyl sites for hydroxylation is 2. The van der Waals surface area contributed by atoms with Crippen molar-refractivity contribution in [3.63, 3.8) is 0 Å². The third-order valence-corrected chi connectivity index (χ3v) is 6.72. The van der Waals surface area contributed by atoms with Crippen LogP contribution in [0, 0.1) is 13.8 Å². The Hall–Kier alpha value is -0.603. The number of rotatable bonds is 2. The van der Waals surface area contributed by atoms with Crippen LogP contribution < -0.4 is 0 Å². The molecule has 1 fully saturated rings. The molecule has 0 bridgehead atoms. The number of ether oxygens (including phenoxy) is 1. The van der Waals surface area contributed by atoms with Gasteiger partial charge in [-0.15, -0.1) is 0 Å². The van der Waals surface area contributed by atoms with Crippen molar-refractivity contribution in [3.8, 4) is 0 Å². The summed E-state index contributed by atoms with van der Waals surface area (Å²) < 4.78 is 6.31. The largest absolute Gasteiger partial charge is 0.374 e. The summed E-state index contributed by atoms with van der Waals surface area (Å²) in [6.07, 6.45) is 3.77. The van der Waals surface area contributed by atoms with Crippen LogP contribution >= 0.6 is 0 Å². The molecule has 1 aliphatic heterocycles. The Morgan fingerprint density at radius 3 is 2.53 bits per heavy atom. The summed E-state index contributed by atoms with van der Waals surface area (Å²) >= 11 is 0. The molecular formula is C15H24OSi. The maximum Gasteiger partial charge on any atom is 0.0789 e. The molecule has 1 atom stereocenters. The second-order valence-corrected chi connectivity index (χ2v) is 8.91. The smallest absolute Gasteiger partial charge is 0.0789 e. The van der Waals surface area contributed by atoms with Gasteiger partial charge in [-0.25, -0.2) is 0 Å². The molecule has 2 rings (SSSR count). The van der Waals surface area contributed by atoms with Crippen molar-refractivity contribution in [1.29, 1.82) is 0 Å². The van der Waals surface area contributed by atoms with E-state index in [9.17, 15) is 0 Å². The third-order valence-electron chi connectivity index (χ3n) is 4.08. The van der Waals surface area contributed by atoms with Gasteiger partial charge in [0, 0.05) is 6.61 Å². The minimum Gasteiger partial charge on any atom is -0.374 e. The van der Waals surface area contributed by atoms with Crippen LogP contribution in [-0.4, -0.2) is 15.4 Å². The number of benzene rings is 1. The summed E-state index contributed by atoms with van der Waals surface area (Å²) in [6, 6.07) is 6.81. The fraction of sp³-hybridized carbons (Fsp3) is 0.600. The number of hydrogen-bond acceptors (Lipinski definition) is 1. The van der Waals surface area contributed by atoms with Gasteiger partial charge in [-0.2, -0.15) is 0 Å². The van der Waals surface area contributed by atoms with Gasteiger partial charge in [-0.05, 0) is 44.2 Å². The fourth-order valence-corrected chi connectivity index (χ4v) is 5.15. The lowest BCUT2D eigenvalue weighted by Gasteiger charge is -2.42. The van der Waals surface area contributed by atoms with E-state index in [1.54, 1.807) is 0 Å². The SMILES string of the molecule is Cc1ccc(C)c(C2([SiH](C)C)CCCCO2)c1. The minimum absolute atomic E-state index is 0.0916. The standard InChI is InChI=1S/C15H24OSi/c1-12-7-8-13(2)14(11-12)15(17(3)4)9-5-6-10-16-15/h7-8,11,17H,5-6,9-10H2,1-4H3. The highest BCUT2D eigenvalue weighted by Crippen LogP contribution is 2.39. The van der Waals surface area contributed by atoms with Crippen molar-refractivity contribution < 1.29 is 4.74 Å². The van der Waals surface area contributed by atoms with Crippen LogP contribution in [0.1, 0.15) is 36.0 Å². The molecule has 0 radical (unpaired) electrons. The van der Waals surface area contributed by atoms with Crippen molar-refractivity contribution in [3.05, 3.63) is 34.9 Å².